The zero-order valence-electron chi connectivity index (χ0n) is 20.8. The van der Waals surface area contributed by atoms with Crippen molar-refractivity contribution < 1.29 is 14.7 Å². The summed E-state index contributed by atoms with van der Waals surface area (Å²) in [6.45, 7) is 13.9. The van der Waals surface area contributed by atoms with Gasteiger partial charge in [0.1, 0.15) is 11.6 Å². The molecule has 4 unspecified atom stereocenters. The molecule has 1 fully saturated rings. The Morgan fingerprint density at radius 1 is 1.03 bits per heavy atom. The number of aliphatic hydroxyl groups excluding tert-OH is 1. The number of aryl methyl sites for hydroxylation is 4. The Morgan fingerprint density at radius 3 is 2.29 bits per heavy atom. The van der Waals surface area contributed by atoms with Crippen LogP contribution in [0.3, 0.4) is 0 Å². The van der Waals surface area contributed by atoms with Crippen LogP contribution in [0.15, 0.2) is 30.3 Å². The van der Waals surface area contributed by atoms with E-state index in [0.29, 0.717) is 6.42 Å². The first-order valence-corrected chi connectivity index (χ1v) is 11.8. The third-order valence-corrected chi connectivity index (χ3v) is 8.03. The molecule has 2 aromatic carbocycles. The number of hydrogen-bond donors (Lipinski definition) is 2. The fraction of sp³-hybridized carbons (Fsp3) is 0.571. The zero-order valence-corrected chi connectivity index (χ0v) is 20.8. The van der Waals surface area contributed by atoms with E-state index in [1.807, 2.05) is 0 Å². The van der Waals surface area contributed by atoms with Crippen LogP contribution in [0.25, 0.3) is 0 Å². The van der Waals surface area contributed by atoms with Crippen LogP contribution in [0.5, 0.6) is 0 Å². The van der Waals surface area contributed by atoms with Crippen LogP contribution >= 0.6 is 0 Å². The molecular formula is C28H42NO2+. The van der Waals surface area contributed by atoms with Crippen molar-refractivity contribution in [2.24, 2.45) is 5.92 Å². The number of benzene rings is 2. The van der Waals surface area contributed by atoms with Gasteiger partial charge in [0, 0.05) is 17.4 Å². The summed E-state index contributed by atoms with van der Waals surface area (Å²) in [6, 6.07) is 11.1. The van der Waals surface area contributed by atoms with Crippen LogP contribution in [-0.2, 0) is 6.42 Å². The minimum absolute atomic E-state index is 0.0217. The average Bonchev–Trinajstić information content (AvgIpc) is 2.88. The quantitative estimate of drug-likeness (QED) is 0.630. The molecule has 170 valence electrons. The van der Waals surface area contributed by atoms with E-state index in [-0.39, 0.29) is 24.5 Å². The molecule has 1 aliphatic rings. The topological polar surface area (TPSA) is 40.5 Å². The summed E-state index contributed by atoms with van der Waals surface area (Å²) < 4.78 is 0.755. The molecule has 3 rings (SSSR count). The van der Waals surface area contributed by atoms with E-state index in [4.69, 9.17) is 0 Å². The molecule has 0 aliphatic carbocycles. The molecule has 3 heteroatoms. The SMILES string of the molecule is CCc1cc(C)c(C)c(C(CO)CC2(O)C(C)C[N+](C)(C)C2c2ccc(C)c(C)c2)c1. The van der Waals surface area contributed by atoms with Crippen LogP contribution in [0.2, 0.25) is 0 Å². The number of quaternary nitrogens is 1. The first-order valence-electron chi connectivity index (χ1n) is 11.8. The Bertz CT molecular complexity index is 948. The van der Waals surface area contributed by atoms with E-state index in [2.05, 4.69) is 86.0 Å². The third-order valence-electron chi connectivity index (χ3n) is 8.03. The van der Waals surface area contributed by atoms with Gasteiger partial charge in [-0.05, 0) is 80.0 Å². The highest BCUT2D eigenvalue weighted by atomic mass is 16.3. The minimum Gasteiger partial charge on any atom is -0.396 e. The summed E-state index contributed by atoms with van der Waals surface area (Å²) in [7, 11) is 4.46. The second kappa shape index (κ2) is 8.69. The van der Waals surface area contributed by atoms with Crippen molar-refractivity contribution in [2.75, 3.05) is 27.2 Å². The van der Waals surface area contributed by atoms with Crippen molar-refractivity contribution in [2.45, 2.75) is 71.9 Å². The minimum atomic E-state index is -0.888. The molecular weight excluding hydrogens is 382 g/mol. The van der Waals surface area contributed by atoms with Crippen LogP contribution < -0.4 is 0 Å². The van der Waals surface area contributed by atoms with Crippen LogP contribution in [-0.4, -0.2) is 47.5 Å². The van der Waals surface area contributed by atoms with Gasteiger partial charge in [-0.3, -0.25) is 0 Å². The van der Waals surface area contributed by atoms with Crippen molar-refractivity contribution in [1.29, 1.82) is 0 Å². The lowest BCUT2D eigenvalue weighted by Crippen LogP contribution is -2.47. The molecule has 0 radical (unpaired) electrons. The zero-order chi connectivity index (χ0) is 23.1. The number of likely N-dealkylation sites (N-methyl/N-ethyl adjacent to an activating group) is 1. The van der Waals surface area contributed by atoms with Gasteiger partial charge in [0.15, 0.2) is 0 Å². The van der Waals surface area contributed by atoms with Gasteiger partial charge in [-0.1, -0.05) is 38.1 Å². The maximum atomic E-state index is 12.3. The maximum Gasteiger partial charge on any atom is 0.144 e. The summed E-state index contributed by atoms with van der Waals surface area (Å²) in [6.07, 6.45) is 1.54. The van der Waals surface area contributed by atoms with E-state index in [1.54, 1.807) is 0 Å². The van der Waals surface area contributed by atoms with Crippen molar-refractivity contribution in [3.05, 3.63) is 69.3 Å². The normalized spacial score (nSPS) is 26.3. The first-order chi connectivity index (χ1) is 14.4. The van der Waals surface area contributed by atoms with E-state index >= 15 is 0 Å². The van der Waals surface area contributed by atoms with Gasteiger partial charge in [-0.2, -0.15) is 0 Å². The third kappa shape index (κ3) is 4.33. The highest BCUT2D eigenvalue weighted by molar-refractivity contribution is 5.41. The molecule has 3 nitrogen and oxygen atoms in total. The van der Waals surface area contributed by atoms with Gasteiger partial charge >= 0.3 is 0 Å². The van der Waals surface area contributed by atoms with E-state index in [9.17, 15) is 10.2 Å². The van der Waals surface area contributed by atoms with Gasteiger partial charge in [-0.25, -0.2) is 0 Å². The largest absolute Gasteiger partial charge is 0.396 e. The van der Waals surface area contributed by atoms with Crippen molar-refractivity contribution >= 4 is 0 Å². The standard InChI is InChI=1S/C28H42NO2/c1-9-23-12-20(4)22(6)26(14-23)25(17-30)15-28(31)21(5)16-29(7,8)27(28)24-11-10-18(2)19(3)13-24/h10-14,21,25,27,30-31H,9,15-17H2,1-8H3/q+1. The van der Waals surface area contributed by atoms with Gasteiger partial charge in [-0.15, -0.1) is 0 Å². The molecule has 1 heterocycles. The molecule has 1 aliphatic heterocycles. The van der Waals surface area contributed by atoms with Crippen LogP contribution in [0, 0.1) is 33.6 Å². The van der Waals surface area contributed by atoms with Crippen LogP contribution in [0.1, 0.15) is 71.2 Å². The number of rotatable bonds is 6. The Labute approximate surface area is 189 Å². The van der Waals surface area contributed by atoms with Gasteiger partial charge in [0.25, 0.3) is 0 Å². The summed E-state index contributed by atoms with van der Waals surface area (Å²) in [4.78, 5) is 0. The van der Waals surface area contributed by atoms with Crippen molar-refractivity contribution in [3.63, 3.8) is 0 Å². The molecule has 0 amide bonds. The van der Waals surface area contributed by atoms with Gasteiger partial charge < -0.3 is 14.7 Å². The highest BCUT2D eigenvalue weighted by Gasteiger charge is 2.59. The molecule has 2 N–H and O–H groups in total. The number of nitrogens with zero attached hydrogens (tertiary/aromatic N) is 1. The lowest BCUT2D eigenvalue weighted by molar-refractivity contribution is -0.912. The monoisotopic (exact) mass is 424 g/mol. The molecule has 2 aromatic rings. The molecule has 0 spiro atoms. The summed E-state index contributed by atoms with van der Waals surface area (Å²) in [5, 5.41) is 22.8. The van der Waals surface area contributed by atoms with Gasteiger partial charge in [0.05, 0.1) is 27.2 Å². The second-order valence-corrected chi connectivity index (χ2v) is 10.7. The smallest absolute Gasteiger partial charge is 0.144 e. The lowest BCUT2D eigenvalue weighted by atomic mass is 9.74. The Kier molecular flexibility index (Phi) is 6.72. The van der Waals surface area contributed by atoms with Crippen molar-refractivity contribution in [3.8, 4) is 0 Å². The summed E-state index contributed by atoms with van der Waals surface area (Å²) in [5.74, 6) is 0.0590. The van der Waals surface area contributed by atoms with E-state index in [0.717, 1.165) is 17.4 Å². The number of hydrogen-bond acceptors (Lipinski definition) is 2. The molecule has 0 saturated carbocycles. The molecule has 0 aromatic heterocycles. The fourth-order valence-electron chi connectivity index (χ4n) is 6.04. The molecule has 31 heavy (non-hydrogen) atoms. The predicted octanol–water partition coefficient (Wildman–Crippen LogP) is 5.15. The summed E-state index contributed by atoms with van der Waals surface area (Å²) in [5.41, 5.74) is 7.84. The number of likely N-dealkylation sites (tertiary alicyclic amines) is 1. The van der Waals surface area contributed by atoms with Crippen molar-refractivity contribution in [1.82, 2.24) is 0 Å². The van der Waals surface area contributed by atoms with E-state index < -0.39 is 5.60 Å². The Hall–Kier alpha value is -1.68. The van der Waals surface area contributed by atoms with Gasteiger partial charge in [0.2, 0.25) is 0 Å². The Balaban J connectivity index is 2.07. The maximum absolute atomic E-state index is 12.3. The average molecular weight is 425 g/mol. The second-order valence-electron chi connectivity index (χ2n) is 10.7. The molecule has 1 saturated heterocycles. The van der Waals surface area contributed by atoms with E-state index in [1.165, 1.54) is 38.9 Å². The lowest BCUT2D eigenvalue weighted by Gasteiger charge is -2.40. The molecule has 0 bridgehead atoms. The highest BCUT2D eigenvalue weighted by Crippen LogP contribution is 2.51. The predicted molar refractivity (Wildman–Crippen MR) is 129 cm³/mol. The number of aliphatic hydroxyl groups is 2. The molecule has 4 atom stereocenters. The first kappa shape index (κ1) is 24.0. The van der Waals surface area contributed by atoms with Crippen LogP contribution in [0.4, 0.5) is 0 Å². The fourth-order valence-corrected chi connectivity index (χ4v) is 6.04. The Morgan fingerprint density at radius 2 is 1.71 bits per heavy atom. The summed E-state index contributed by atoms with van der Waals surface area (Å²) >= 11 is 0.